The Morgan fingerprint density at radius 1 is 1.27 bits per heavy atom. The van der Waals surface area contributed by atoms with E-state index >= 15 is 0 Å². The highest BCUT2D eigenvalue weighted by molar-refractivity contribution is 5.96. The molecule has 0 spiro atoms. The summed E-state index contributed by atoms with van der Waals surface area (Å²) in [5, 5.41) is 0. The first-order valence-electron chi connectivity index (χ1n) is 4.90. The van der Waals surface area contributed by atoms with Crippen LogP contribution in [0.4, 0.5) is 0 Å². The number of hydrogen-bond acceptors (Lipinski definition) is 4. The molecule has 15 heavy (non-hydrogen) atoms. The van der Waals surface area contributed by atoms with E-state index in [1.54, 1.807) is 6.92 Å². The van der Waals surface area contributed by atoms with E-state index in [0.717, 1.165) is 0 Å². The molecule has 0 saturated heterocycles. The average molecular weight is 212 g/mol. The molecule has 0 saturated carbocycles. The molecule has 84 valence electrons. The number of carbonyl (C=O) groups is 2. The van der Waals surface area contributed by atoms with Gasteiger partial charge in [-0.3, -0.25) is 9.59 Å². The third-order valence-corrected chi connectivity index (χ3v) is 2.97. The van der Waals surface area contributed by atoms with Crippen LogP contribution < -0.4 is 0 Å². The normalized spacial score (nSPS) is 30.8. The monoisotopic (exact) mass is 212 g/mol. The van der Waals surface area contributed by atoms with Crippen molar-refractivity contribution in [2.24, 2.45) is 17.8 Å². The summed E-state index contributed by atoms with van der Waals surface area (Å²) < 4.78 is 9.78. The second kappa shape index (κ2) is 4.47. The molecule has 0 fully saturated rings. The third-order valence-electron chi connectivity index (χ3n) is 2.97. The lowest BCUT2D eigenvalue weighted by Crippen LogP contribution is -2.37. The summed E-state index contributed by atoms with van der Waals surface area (Å²) in [7, 11) is 2.83. The van der Waals surface area contributed by atoms with Crippen molar-refractivity contribution in [3.8, 4) is 0 Å². The molecule has 0 bridgehead atoms. The summed E-state index contributed by atoms with van der Waals surface area (Å²) in [6.07, 6.45) is 1.47. The van der Waals surface area contributed by atoms with E-state index in [1.165, 1.54) is 20.3 Å². The van der Waals surface area contributed by atoms with Crippen LogP contribution in [0.5, 0.6) is 0 Å². The molecule has 0 amide bonds. The van der Waals surface area contributed by atoms with Crippen LogP contribution in [0.1, 0.15) is 13.8 Å². The molecule has 0 aromatic rings. The Labute approximate surface area is 89.2 Å². The van der Waals surface area contributed by atoms with Gasteiger partial charge in [-0.05, 0) is 0 Å². The van der Waals surface area contributed by atoms with Crippen molar-refractivity contribution in [2.75, 3.05) is 14.2 Å². The molecule has 4 nitrogen and oxygen atoms in total. The summed E-state index contributed by atoms with van der Waals surface area (Å²) in [5.74, 6) is -0.788. The average Bonchev–Trinajstić information content (AvgIpc) is 2.23. The standard InChI is InChI=1S/C11H16O4/c1-6-8(12)5-9(14-3)7(2)10(6)11(13)15-4/h5-7,10H,1-4H3/t6-,7+,10-/m1/s1. The molecule has 0 radical (unpaired) electrons. The van der Waals surface area contributed by atoms with E-state index in [-0.39, 0.29) is 23.6 Å². The van der Waals surface area contributed by atoms with Crippen molar-refractivity contribution in [2.45, 2.75) is 13.8 Å². The van der Waals surface area contributed by atoms with E-state index in [9.17, 15) is 9.59 Å². The number of allylic oxidation sites excluding steroid dienone is 2. The van der Waals surface area contributed by atoms with Gasteiger partial charge in [0.2, 0.25) is 0 Å². The van der Waals surface area contributed by atoms with E-state index < -0.39 is 5.92 Å². The van der Waals surface area contributed by atoms with Crippen molar-refractivity contribution in [3.05, 3.63) is 11.8 Å². The van der Waals surface area contributed by atoms with Gasteiger partial charge in [-0.2, -0.15) is 0 Å². The quantitative estimate of drug-likeness (QED) is 0.644. The topological polar surface area (TPSA) is 52.6 Å². The lowest BCUT2D eigenvalue weighted by atomic mass is 9.76. The van der Waals surface area contributed by atoms with Crippen molar-refractivity contribution in [3.63, 3.8) is 0 Å². The maximum Gasteiger partial charge on any atom is 0.310 e. The molecule has 1 aliphatic carbocycles. The largest absolute Gasteiger partial charge is 0.501 e. The highest BCUT2D eigenvalue weighted by Crippen LogP contribution is 2.33. The van der Waals surface area contributed by atoms with Gasteiger partial charge >= 0.3 is 5.97 Å². The zero-order valence-electron chi connectivity index (χ0n) is 9.44. The molecule has 1 aliphatic rings. The summed E-state index contributed by atoms with van der Waals surface area (Å²) in [6.45, 7) is 3.60. The van der Waals surface area contributed by atoms with Gasteiger partial charge in [0.05, 0.1) is 20.1 Å². The lowest BCUT2D eigenvalue weighted by molar-refractivity contribution is -0.152. The predicted octanol–water partition coefficient (Wildman–Crippen LogP) is 1.16. The fourth-order valence-corrected chi connectivity index (χ4v) is 1.98. The molecule has 3 atom stereocenters. The van der Waals surface area contributed by atoms with Crippen molar-refractivity contribution >= 4 is 11.8 Å². The second-order valence-corrected chi connectivity index (χ2v) is 3.78. The number of hydrogen-bond donors (Lipinski definition) is 0. The molecule has 0 aliphatic heterocycles. The molecule has 4 heteroatoms. The SMILES string of the molecule is COC(=O)[C@@H]1[C@H](C)C(=O)C=C(OC)[C@@H]1C. The molecule has 0 unspecified atom stereocenters. The third kappa shape index (κ3) is 2.03. The second-order valence-electron chi connectivity index (χ2n) is 3.78. The first kappa shape index (κ1) is 11.8. The number of esters is 1. The van der Waals surface area contributed by atoms with E-state index in [1.807, 2.05) is 6.92 Å². The molecule has 0 heterocycles. The van der Waals surface area contributed by atoms with Crippen LogP contribution in [0.25, 0.3) is 0 Å². The van der Waals surface area contributed by atoms with Gasteiger partial charge in [0.1, 0.15) is 5.76 Å². The fourth-order valence-electron chi connectivity index (χ4n) is 1.98. The molecular formula is C11H16O4. The summed E-state index contributed by atoms with van der Waals surface area (Å²) in [5.41, 5.74) is 0. The molecule has 0 N–H and O–H groups in total. The zero-order valence-corrected chi connectivity index (χ0v) is 9.44. The fraction of sp³-hybridized carbons (Fsp3) is 0.636. The van der Waals surface area contributed by atoms with Gasteiger partial charge < -0.3 is 9.47 Å². The molecule has 0 aromatic heterocycles. The van der Waals surface area contributed by atoms with E-state index in [4.69, 9.17) is 9.47 Å². The molecular weight excluding hydrogens is 196 g/mol. The Hall–Kier alpha value is -1.32. The minimum Gasteiger partial charge on any atom is -0.501 e. The Morgan fingerprint density at radius 3 is 2.33 bits per heavy atom. The highest BCUT2D eigenvalue weighted by atomic mass is 16.5. The van der Waals surface area contributed by atoms with Gasteiger partial charge in [0, 0.05) is 17.9 Å². The Bertz CT molecular complexity index is 306. The van der Waals surface area contributed by atoms with Crippen LogP contribution in [0, 0.1) is 17.8 Å². The smallest absolute Gasteiger partial charge is 0.310 e. The van der Waals surface area contributed by atoms with E-state index in [0.29, 0.717) is 5.76 Å². The maximum absolute atomic E-state index is 11.6. The zero-order chi connectivity index (χ0) is 11.6. The van der Waals surface area contributed by atoms with Gasteiger partial charge in [-0.15, -0.1) is 0 Å². The van der Waals surface area contributed by atoms with Gasteiger partial charge in [0.25, 0.3) is 0 Å². The van der Waals surface area contributed by atoms with Gasteiger partial charge in [-0.1, -0.05) is 13.8 Å². The van der Waals surface area contributed by atoms with Crippen LogP contribution in [-0.4, -0.2) is 26.0 Å². The molecule has 1 rings (SSSR count). The van der Waals surface area contributed by atoms with Gasteiger partial charge in [0.15, 0.2) is 5.78 Å². The van der Waals surface area contributed by atoms with Crippen LogP contribution in [0.2, 0.25) is 0 Å². The predicted molar refractivity (Wildman–Crippen MR) is 53.9 cm³/mol. The van der Waals surface area contributed by atoms with Gasteiger partial charge in [-0.25, -0.2) is 0 Å². The molecule has 0 aromatic carbocycles. The number of ether oxygens (including phenoxy) is 2. The number of rotatable bonds is 2. The van der Waals surface area contributed by atoms with Crippen molar-refractivity contribution in [1.29, 1.82) is 0 Å². The van der Waals surface area contributed by atoms with Crippen LogP contribution >= 0.6 is 0 Å². The number of ketones is 1. The lowest BCUT2D eigenvalue weighted by Gasteiger charge is -2.30. The summed E-state index contributed by atoms with van der Waals surface area (Å²) >= 11 is 0. The van der Waals surface area contributed by atoms with E-state index in [2.05, 4.69) is 0 Å². The Balaban J connectivity index is 3.02. The number of methoxy groups -OCH3 is 2. The highest BCUT2D eigenvalue weighted by Gasteiger charge is 2.40. The van der Waals surface area contributed by atoms with Crippen LogP contribution in [-0.2, 0) is 19.1 Å². The van der Waals surface area contributed by atoms with Crippen LogP contribution in [0.3, 0.4) is 0 Å². The summed E-state index contributed by atoms with van der Waals surface area (Å²) in [6, 6.07) is 0. The first-order chi connectivity index (χ1) is 7.02. The Morgan fingerprint density at radius 2 is 1.87 bits per heavy atom. The summed E-state index contributed by atoms with van der Waals surface area (Å²) in [4.78, 5) is 23.1. The first-order valence-corrected chi connectivity index (χ1v) is 4.90. The van der Waals surface area contributed by atoms with Crippen molar-refractivity contribution < 1.29 is 19.1 Å². The maximum atomic E-state index is 11.6. The minimum absolute atomic E-state index is 0.0830. The minimum atomic E-state index is -0.442. The Kier molecular flexibility index (Phi) is 3.50. The number of carbonyl (C=O) groups excluding carboxylic acids is 2. The van der Waals surface area contributed by atoms with Crippen LogP contribution in [0.15, 0.2) is 11.8 Å². The van der Waals surface area contributed by atoms with Crippen molar-refractivity contribution in [1.82, 2.24) is 0 Å².